The monoisotopic (exact) mass is 207 g/mol. The van der Waals surface area contributed by atoms with Gasteiger partial charge < -0.3 is 10.4 Å². The van der Waals surface area contributed by atoms with Crippen LogP contribution in [0.5, 0.6) is 0 Å². The molecule has 0 radical (unpaired) electrons. The summed E-state index contributed by atoms with van der Waals surface area (Å²) < 4.78 is 0. The van der Waals surface area contributed by atoms with E-state index in [2.05, 4.69) is 44.3 Å². The van der Waals surface area contributed by atoms with Crippen LogP contribution in [0.1, 0.15) is 36.6 Å². The van der Waals surface area contributed by atoms with E-state index in [4.69, 9.17) is 0 Å². The second kappa shape index (κ2) is 5.29. The maximum Gasteiger partial charge on any atom is 0.0636 e. The summed E-state index contributed by atoms with van der Waals surface area (Å²) in [6, 6.07) is 6.84. The summed E-state index contributed by atoms with van der Waals surface area (Å²) in [6.07, 6.45) is -0.293. The molecule has 0 saturated heterocycles. The lowest BCUT2D eigenvalue weighted by atomic mass is 10.0. The minimum absolute atomic E-state index is 0.290. The van der Waals surface area contributed by atoms with Gasteiger partial charge in [-0.25, -0.2) is 0 Å². The molecule has 1 aromatic carbocycles. The number of aliphatic hydroxyl groups excluding tert-OH is 1. The quantitative estimate of drug-likeness (QED) is 0.794. The van der Waals surface area contributed by atoms with Gasteiger partial charge in [0.05, 0.1) is 6.10 Å². The summed E-state index contributed by atoms with van der Waals surface area (Å²) in [5.41, 5.74) is 3.86. The van der Waals surface area contributed by atoms with Gasteiger partial charge in [-0.2, -0.15) is 0 Å². The van der Waals surface area contributed by atoms with E-state index in [1.165, 1.54) is 16.7 Å². The minimum Gasteiger partial charge on any atom is -0.392 e. The van der Waals surface area contributed by atoms with Crippen LogP contribution >= 0.6 is 0 Å². The molecule has 0 aliphatic carbocycles. The minimum atomic E-state index is -0.293. The summed E-state index contributed by atoms with van der Waals surface area (Å²) in [7, 11) is 0. The van der Waals surface area contributed by atoms with Crippen molar-refractivity contribution in [1.82, 2.24) is 5.32 Å². The molecule has 2 heteroatoms. The maximum absolute atomic E-state index is 9.19. The van der Waals surface area contributed by atoms with E-state index in [-0.39, 0.29) is 12.1 Å². The average molecular weight is 207 g/mol. The van der Waals surface area contributed by atoms with Crippen molar-refractivity contribution in [2.45, 2.75) is 39.8 Å². The van der Waals surface area contributed by atoms with Gasteiger partial charge in [0.15, 0.2) is 0 Å². The molecule has 2 atom stereocenters. The van der Waals surface area contributed by atoms with Gasteiger partial charge >= 0.3 is 0 Å². The number of nitrogens with one attached hydrogen (secondary N) is 1. The topological polar surface area (TPSA) is 32.3 Å². The molecular formula is C13H21NO. The third kappa shape index (κ3) is 4.02. The summed E-state index contributed by atoms with van der Waals surface area (Å²) in [4.78, 5) is 0. The summed E-state index contributed by atoms with van der Waals surface area (Å²) >= 11 is 0. The molecule has 0 aromatic heterocycles. The fourth-order valence-corrected chi connectivity index (χ4v) is 1.73. The van der Waals surface area contributed by atoms with Crippen LogP contribution in [-0.2, 0) is 0 Å². The standard InChI is InChI=1S/C13H21NO/c1-9-5-10(2)7-13(6-9)12(4)14-8-11(3)15/h5-7,11-12,14-15H,8H2,1-4H3/t11-,12+/m0/s1. The molecule has 0 aliphatic rings. The normalized spacial score (nSPS) is 15.0. The van der Waals surface area contributed by atoms with Crippen molar-refractivity contribution in [1.29, 1.82) is 0 Å². The Balaban J connectivity index is 2.68. The Bertz CT molecular complexity index is 300. The molecule has 0 saturated carbocycles. The first-order valence-corrected chi connectivity index (χ1v) is 5.48. The third-order valence-electron chi connectivity index (χ3n) is 2.46. The third-order valence-corrected chi connectivity index (χ3v) is 2.46. The molecule has 1 aromatic rings. The molecule has 2 N–H and O–H groups in total. The van der Waals surface area contributed by atoms with Crippen LogP contribution in [0.3, 0.4) is 0 Å². The van der Waals surface area contributed by atoms with Crippen LogP contribution < -0.4 is 5.32 Å². The fourth-order valence-electron chi connectivity index (χ4n) is 1.73. The van der Waals surface area contributed by atoms with Crippen molar-refractivity contribution < 1.29 is 5.11 Å². The van der Waals surface area contributed by atoms with Crippen LogP contribution in [0.25, 0.3) is 0 Å². The highest BCUT2D eigenvalue weighted by Crippen LogP contribution is 2.16. The maximum atomic E-state index is 9.19. The number of hydrogen-bond donors (Lipinski definition) is 2. The Morgan fingerprint density at radius 3 is 2.13 bits per heavy atom. The highest BCUT2D eigenvalue weighted by molar-refractivity contribution is 5.30. The molecule has 15 heavy (non-hydrogen) atoms. The SMILES string of the molecule is Cc1cc(C)cc([C@@H](C)NC[C@H](C)O)c1. The number of hydrogen-bond acceptors (Lipinski definition) is 2. The van der Waals surface area contributed by atoms with E-state index in [0.717, 1.165) is 0 Å². The highest BCUT2D eigenvalue weighted by atomic mass is 16.3. The van der Waals surface area contributed by atoms with Gasteiger partial charge in [-0.1, -0.05) is 29.3 Å². The molecular weight excluding hydrogens is 186 g/mol. The van der Waals surface area contributed by atoms with Gasteiger partial charge in [-0.15, -0.1) is 0 Å². The number of aryl methyl sites for hydroxylation is 2. The smallest absolute Gasteiger partial charge is 0.0636 e. The first-order valence-electron chi connectivity index (χ1n) is 5.48. The zero-order chi connectivity index (χ0) is 11.4. The van der Waals surface area contributed by atoms with Crippen molar-refractivity contribution in [3.63, 3.8) is 0 Å². The lowest BCUT2D eigenvalue weighted by molar-refractivity contribution is 0.187. The Morgan fingerprint density at radius 2 is 1.67 bits per heavy atom. The first kappa shape index (κ1) is 12.2. The summed E-state index contributed by atoms with van der Waals surface area (Å²) in [5.74, 6) is 0. The lowest BCUT2D eigenvalue weighted by Gasteiger charge is -2.16. The second-order valence-electron chi connectivity index (χ2n) is 4.40. The summed E-state index contributed by atoms with van der Waals surface area (Å²) in [5, 5.41) is 12.5. The molecule has 0 aliphatic heterocycles. The molecule has 84 valence electrons. The van der Waals surface area contributed by atoms with Gasteiger partial charge in [0.1, 0.15) is 0 Å². The molecule has 0 unspecified atom stereocenters. The molecule has 0 fully saturated rings. The average Bonchev–Trinajstić information content (AvgIpc) is 2.12. The predicted octanol–water partition coefficient (Wildman–Crippen LogP) is 2.33. The Morgan fingerprint density at radius 1 is 1.13 bits per heavy atom. The summed E-state index contributed by atoms with van der Waals surface area (Å²) in [6.45, 7) is 8.77. The molecule has 1 rings (SSSR count). The van der Waals surface area contributed by atoms with Gasteiger partial charge in [0, 0.05) is 12.6 Å². The molecule has 0 spiro atoms. The van der Waals surface area contributed by atoms with Crippen LogP contribution in [0.15, 0.2) is 18.2 Å². The van der Waals surface area contributed by atoms with Gasteiger partial charge in [-0.05, 0) is 33.3 Å². The van der Waals surface area contributed by atoms with Crippen molar-refractivity contribution in [2.24, 2.45) is 0 Å². The van der Waals surface area contributed by atoms with E-state index in [1.54, 1.807) is 6.92 Å². The van der Waals surface area contributed by atoms with E-state index in [0.29, 0.717) is 6.54 Å². The van der Waals surface area contributed by atoms with Crippen molar-refractivity contribution in [3.8, 4) is 0 Å². The van der Waals surface area contributed by atoms with E-state index < -0.39 is 0 Å². The molecule has 0 heterocycles. The molecule has 0 amide bonds. The largest absolute Gasteiger partial charge is 0.392 e. The Labute approximate surface area is 92.3 Å². The zero-order valence-corrected chi connectivity index (χ0v) is 10.0. The van der Waals surface area contributed by atoms with E-state index in [9.17, 15) is 5.11 Å². The molecule has 2 nitrogen and oxygen atoms in total. The van der Waals surface area contributed by atoms with E-state index in [1.807, 2.05) is 0 Å². The van der Waals surface area contributed by atoms with Crippen molar-refractivity contribution in [2.75, 3.05) is 6.54 Å². The lowest BCUT2D eigenvalue weighted by Crippen LogP contribution is -2.27. The van der Waals surface area contributed by atoms with Crippen LogP contribution in [-0.4, -0.2) is 17.8 Å². The fraction of sp³-hybridized carbons (Fsp3) is 0.538. The first-order chi connectivity index (χ1) is 6.99. The van der Waals surface area contributed by atoms with Crippen LogP contribution in [0.4, 0.5) is 0 Å². The van der Waals surface area contributed by atoms with Gasteiger partial charge in [0.25, 0.3) is 0 Å². The zero-order valence-electron chi connectivity index (χ0n) is 10.0. The van der Waals surface area contributed by atoms with Crippen molar-refractivity contribution in [3.05, 3.63) is 34.9 Å². The Kier molecular flexibility index (Phi) is 4.30. The van der Waals surface area contributed by atoms with Gasteiger partial charge in [-0.3, -0.25) is 0 Å². The van der Waals surface area contributed by atoms with Gasteiger partial charge in [0.2, 0.25) is 0 Å². The van der Waals surface area contributed by atoms with Crippen LogP contribution in [0.2, 0.25) is 0 Å². The number of benzene rings is 1. The molecule has 0 bridgehead atoms. The number of aliphatic hydroxyl groups is 1. The number of rotatable bonds is 4. The van der Waals surface area contributed by atoms with Crippen molar-refractivity contribution >= 4 is 0 Å². The predicted molar refractivity (Wildman–Crippen MR) is 64.0 cm³/mol. The van der Waals surface area contributed by atoms with Crippen LogP contribution in [0, 0.1) is 13.8 Å². The second-order valence-corrected chi connectivity index (χ2v) is 4.40. The Hall–Kier alpha value is -0.860. The van der Waals surface area contributed by atoms with E-state index >= 15 is 0 Å². The highest BCUT2D eigenvalue weighted by Gasteiger charge is 2.06.